The average molecular weight is 443 g/mol. The summed E-state index contributed by atoms with van der Waals surface area (Å²) in [6, 6.07) is 3.36. The minimum atomic E-state index is -0.582. The lowest BCUT2D eigenvalue weighted by Gasteiger charge is -2.19. The maximum Gasteiger partial charge on any atom is 0.408 e. The number of carbonyl (C=O) groups is 1. The van der Waals surface area contributed by atoms with E-state index >= 15 is 0 Å². The summed E-state index contributed by atoms with van der Waals surface area (Å²) in [6.45, 7) is 5.38. The van der Waals surface area contributed by atoms with Crippen molar-refractivity contribution in [2.24, 2.45) is 0 Å². The van der Waals surface area contributed by atoms with Gasteiger partial charge in [0, 0.05) is 0 Å². The Kier molecular flexibility index (Phi) is 5.24. The number of aromatic nitrogens is 3. The molecule has 3 aromatic rings. The Morgan fingerprint density at radius 1 is 1.35 bits per heavy atom. The maximum absolute atomic E-state index is 14.1. The number of benzene rings is 1. The highest BCUT2D eigenvalue weighted by atomic mass is 79.9. The number of nitrogens with one attached hydrogen (secondary N) is 1. The summed E-state index contributed by atoms with van der Waals surface area (Å²) in [6.07, 6.45) is -0.278. The molecule has 0 aliphatic heterocycles. The summed E-state index contributed by atoms with van der Waals surface area (Å²) in [4.78, 5) is 16.0. The highest BCUT2D eigenvalue weighted by Gasteiger charge is 2.17. The van der Waals surface area contributed by atoms with Crippen LogP contribution in [0.4, 0.5) is 9.18 Å². The summed E-state index contributed by atoms with van der Waals surface area (Å²) >= 11 is 4.39. The molecule has 0 atom stereocenters. The fourth-order valence-electron chi connectivity index (χ4n) is 2.08. The molecule has 0 aliphatic carbocycles. The third-order valence-corrected chi connectivity index (χ3v) is 4.76. The Bertz CT molecular complexity index is 951. The van der Waals surface area contributed by atoms with Gasteiger partial charge in [0.2, 0.25) is 11.8 Å². The molecule has 0 fully saturated rings. The smallest absolute Gasteiger partial charge is 0.408 e. The van der Waals surface area contributed by atoms with Crippen LogP contribution in [0.1, 0.15) is 37.6 Å². The van der Waals surface area contributed by atoms with E-state index in [1.807, 2.05) is 0 Å². The van der Waals surface area contributed by atoms with Crippen LogP contribution in [0, 0.1) is 5.82 Å². The van der Waals surface area contributed by atoms with Crippen LogP contribution in [0.2, 0.25) is 0 Å². The molecule has 10 heteroatoms. The minimum absolute atomic E-state index is 0.0589. The van der Waals surface area contributed by atoms with E-state index in [1.54, 1.807) is 32.9 Å². The second-order valence-electron chi connectivity index (χ2n) is 6.44. The minimum Gasteiger partial charge on any atom is -0.444 e. The van der Waals surface area contributed by atoms with Gasteiger partial charge >= 0.3 is 6.09 Å². The van der Waals surface area contributed by atoms with Gasteiger partial charge in [0.05, 0.1) is 27.7 Å². The van der Waals surface area contributed by atoms with E-state index in [-0.39, 0.29) is 24.7 Å². The van der Waals surface area contributed by atoms with Crippen molar-refractivity contribution in [1.29, 1.82) is 0 Å². The number of hydrogen-bond donors (Lipinski definition) is 1. The summed E-state index contributed by atoms with van der Waals surface area (Å²) in [7, 11) is 0. The second kappa shape index (κ2) is 7.28. The number of halogens is 2. The van der Waals surface area contributed by atoms with Gasteiger partial charge in [0.1, 0.15) is 10.6 Å². The molecule has 0 saturated heterocycles. The van der Waals surface area contributed by atoms with Crippen molar-refractivity contribution in [3.63, 3.8) is 0 Å². The van der Waals surface area contributed by atoms with E-state index in [0.717, 1.165) is 0 Å². The van der Waals surface area contributed by atoms with Crippen molar-refractivity contribution in [3.05, 3.63) is 39.2 Å². The molecule has 1 amide bonds. The normalized spacial score (nSPS) is 11.7. The lowest BCUT2D eigenvalue weighted by atomic mass is 10.2. The molecule has 0 bridgehead atoms. The number of rotatable bonds is 4. The predicted octanol–water partition coefficient (Wildman–Crippen LogP) is 4.20. The van der Waals surface area contributed by atoms with Gasteiger partial charge in [-0.1, -0.05) is 0 Å². The summed E-state index contributed by atoms with van der Waals surface area (Å²) in [5.74, 6) is 0.254. The lowest BCUT2D eigenvalue weighted by molar-refractivity contribution is 0.0518. The zero-order valence-electron chi connectivity index (χ0n) is 14.3. The van der Waals surface area contributed by atoms with Gasteiger partial charge in [-0.05, 0) is 48.8 Å². The molecule has 26 heavy (non-hydrogen) atoms. The van der Waals surface area contributed by atoms with Crippen LogP contribution in [-0.4, -0.2) is 26.9 Å². The van der Waals surface area contributed by atoms with Crippen molar-refractivity contribution in [3.8, 4) is 0 Å². The molecular formula is C16H16BrFN4O3S. The Morgan fingerprint density at radius 2 is 2.08 bits per heavy atom. The first kappa shape index (κ1) is 18.7. The average Bonchev–Trinajstić information content (AvgIpc) is 3.15. The molecular weight excluding hydrogens is 427 g/mol. The summed E-state index contributed by atoms with van der Waals surface area (Å²) in [5.41, 5.74) is -0.00156. The van der Waals surface area contributed by atoms with E-state index in [9.17, 15) is 9.18 Å². The third-order valence-electron chi connectivity index (χ3n) is 3.09. The van der Waals surface area contributed by atoms with E-state index in [2.05, 4.69) is 36.4 Å². The molecule has 138 valence electrons. The van der Waals surface area contributed by atoms with Crippen molar-refractivity contribution in [2.45, 2.75) is 39.3 Å². The topological polar surface area (TPSA) is 90.1 Å². The number of fused-ring (bicyclic) bond motifs is 1. The standard InChI is InChI=1S/C16H16BrFN4O3S/c1-16(2,3)25-15(23)19-7-11-22-21-10(24-11)6-12-20-9-5-4-8(17)13(18)14(9)26-12/h4-5H,6-7H2,1-3H3,(H,19,23). The molecule has 1 N–H and O–H groups in total. The first-order valence-corrected chi connectivity index (χ1v) is 9.34. The number of ether oxygens (including phenoxy) is 1. The Hall–Kier alpha value is -2.07. The van der Waals surface area contributed by atoms with Gasteiger partial charge in [-0.2, -0.15) is 0 Å². The van der Waals surface area contributed by atoms with Crippen molar-refractivity contribution < 1.29 is 18.3 Å². The zero-order valence-corrected chi connectivity index (χ0v) is 16.7. The molecule has 0 radical (unpaired) electrons. The van der Waals surface area contributed by atoms with Gasteiger partial charge in [-0.15, -0.1) is 21.5 Å². The molecule has 1 aromatic carbocycles. The molecule has 2 aromatic heterocycles. The Labute approximate surface area is 161 Å². The molecule has 0 saturated carbocycles. The largest absolute Gasteiger partial charge is 0.444 e. The molecule has 2 heterocycles. The van der Waals surface area contributed by atoms with Crippen molar-refractivity contribution in [2.75, 3.05) is 0 Å². The van der Waals surface area contributed by atoms with Crippen LogP contribution >= 0.6 is 27.3 Å². The highest BCUT2D eigenvalue weighted by molar-refractivity contribution is 9.10. The molecule has 3 rings (SSSR count). The van der Waals surface area contributed by atoms with Crippen LogP contribution in [0.3, 0.4) is 0 Å². The van der Waals surface area contributed by atoms with Crippen LogP contribution in [0.5, 0.6) is 0 Å². The van der Waals surface area contributed by atoms with Crippen LogP contribution in [-0.2, 0) is 17.7 Å². The first-order valence-electron chi connectivity index (χ1n) is 7.73. The number of carbonyl (C=O) groups excluding carboxylic acids is 1. The lowest BCUT2D eigenvalue weighted by Crippen LogP contribution is -2.32. The molecule has 0 spiro atoms. The Balaban J connectivity index is 1.64. The number of amides is 1. The van der Waals surface area contributed by atoms with E-state index in [1.165, 1.54) is 11.3 Å². The SMILES string of the molecule is CC(C)(C)OC(=O)NCc1nnc(Cc2nc3ccc(Br)c(F)c3s2)o1. The fraction of sp³-hybridized carbons (Fsp3) is 0.375. The summed E-state index contributed by atoms with van der Waals surface area (Å²) in [5, 5.41) is 11.0. The van der Waals surface area contributed by atoms with Crippen LogP contribution < -0.4 is 5.32 Å². The van der Waals surface area contributed by atoms with Gasteiger partial charge < -0.3 is 14.5 Å². The number of nitrogens with zero attached hydrogens (tertiary/aromatic N) is 3. The van der Waals surface area contributed by atoms with E-state index < -0.39 is 11.7 Å². The zero-order chi connectivity index (χ0) is 18.9. The molecule has 0 aliphatic rings. The number of alkyl carbamates (subject to hydrolysis) is 1. The maximum atomic E-state index is 14.1. The number of hydrogen-bond acceptors (Lipinski definition) is 7. The Morgan fingerprint density at radius 3 is 2.81 bits per heavy atom. The van der Waals surface area contributed by atoms with Crippen LogP contribution in [0.15, 0.2) is 21.0 Å². The fourth-order valence-corrected chi connectivity index (χ4v) is 3.53. The molecule has 0 unspecified atom stereocenters. The number of thiazole rings is 1. The predicted molar refractivity (Wildman–Crippen MR) is 97.5 cm³/mol. The van der Waals surface area contributed by atoms with Crippen molar-refractivity contribution in [1.82, 2.24) is 20.5 Å². The van der Waals surface area contributed by atoms with E-state index in [0.29, 0.717) is 25.6 Å². The highest BCUT2D eigenvalue weighted by Crippen LogP contribution is 2.30. The second-order valence-corrected chi connectivity index (χ2v) is 8.38. The van der Waals surface area contributed by atoms with Gasteiger partial charge in [0.25, 0.3) is 0 Å². The van der Waals surface area contributed by atoms with Gasteiger partial charge in [0.15, 0.2) is 5.82 Å². The third kappa shape index (κ3) is 4.55. The van der Waals surface area contributed by atoms with E-state index in [4.69, 9.17) is 9.15 Å². The van der Waals surface area contributed by atoms with Gasteiger partial charge in [-0.25, -0.2) is 14.2 Å². The summed E-state index contributed by atoms with van der Waals surface area (Å²) < 4.78 is 25.6. The monoisotopic (exact) mass is 442 g/mol. The quantitative estimate of drug-likeness (QED) is 0.650. The van der Waals surface area contributed by atoms with Crippen molar-refractivity contribution >= 4 is 43.6 Å². The van der Waals surface area contributed by atoms with Gasteiger partial charge in [-0.3, -0.25) is 0 Å². The first-order chi connectivity index (χ1) is 12.2. The van der Waals surface area contributed by atoms with Crippen LogP contribution in [0.25, 0.3) is 10.2 Å². The molecule has 7 nitrogen and oxygen atoms in total.